The number of allylic oxidation sites excluding steroid dienone is 2. The van der Waals surface area contributed by atoms with E-state index in [2.05, 4.69) is 55.4 Å². The molecule has 352 valence electrons. The largest absolute Gasteiger partial charge is 0.495 e. The second-order valence-corrected chi connectivity index (χ2v) is 16.6. The highest BCUT2D eigenvalue weighted by atomic mass is 16.7. The fourth-order valence-corrected chi connectivity index (χ4v) is 7.83. The molecule has 7 nitrogen and oxygen atoms in total. The minimum atomic E-state index is -0.217. The molecular weight excluding hydrogens is 737 g/mol. The first kappa shape index (κ1) is 57.6. The maximum Gasteiger partial charge on any atom is 0.162 e. The highest BCUT2D eigenvalue weighted by Crippen LogP contribution is 2.27. The van der Waals surface area contributed by atoms with Gasteiger partial charge in [-0.1, -0.05) is 195 Å². The van der Waals surface area contributed by atoms with Gasteiger partial charge in [0, 0.05) is 12.8 Å². The average molecular weight is 839 g/mol. The standard InChI is InChI=1S/C52H102O7/c1-9-17-21-25-29-31-35-37-41-47(54-13-5)51(56-15-7)49(43-39-33-27-23-19-11-3)58-45-53-46-59-50(44-40-34-28-24-20-12-4)52(57-16-8)48(55-14-6)42-38-36-32-30-26-22-18-10-2/h49-50H,9-46H2,1-8H3. The molecule has 7 heteroatoms. The Hall–Kier alpha value is -1.44. The zero-order valence-electron chi connectivity index (χ0n) is 40.9. The molecule has 59 heavy (non-hydrogen) atoms. The van der Waals surface area contributed by atoms with Gasteiger partial charge in [-0.05, 0) is 53.4 Å². The van der Waals surface area contributed by atoms with Crippen LogP contribution in [0.15, 0.2) is 23.0 Å². The van der Waals surface area contributed by atoms with Crippen molar-refractivity contribution in [2.45, 2.75) is 273 Å². The minimum absolute atomic E-state index is 0.127. The third-order valence-corrected chi connectivity index (χ3v) is 11.2. The molecule has 0 heterocycles. The maximum atomic E-state index is 6.58. The van der Waals surface area contributed by atoms with E-state index < -0.39 is 0 Å². The van der Waals surface area contributed by atoms with Crippen LogP contribution in [0.1, 0.15) is 261 Å². The van der Waals surface area contributed by atoms with Crippen molar-refractivity contribution < 1.29 is 33.2 Å². The smallest absolute Gasteiger partial charge is 0.162 e. The summed E-state index contributed by atoms with van der Waals surface area (Å²) in [5, 5.41) is 0. The SMILES string of the molecule is CCCCCCCCCCC(OCC)=C(OCC)C(CCCCCCCC)OCOCOC(CCCCCCCC)C(OCC)=C(CCCCCCCCCC)OCC. The number of hydrogen-bond donors (Lipinski definition) is 0. The first-order chi connectivity index (χ1) is 29.1. The summed E-state index contributed by atoms with van der Waals surface area (Å²) in [5.74, 6) is 3.64. The molecule has 0 saturated carbocycles. The molecule has 0 aliphatic carbocycles. The van der Waals surface area contributed by atoms with E-state index >= 15 is 0 Å². The number of rotatable bonds is 48. The van der Waals surface area contributed by atoms with Crippen molar-refractivity contribution in [3.05, 3.63) is 23.0 Å². The van der Waals surface area contributed by atoms with Crippen LogP contribution in [0.3, 0.4) is 0 Å². The van der Waals surface area contributed by atoms with Gasteiger partial charge < -0.3 is 33.2 Å². The summed E-state index contributed by atoms with van der Waals surface area (Å²) in [6.07, 6.45) is 38.4. The number of unbranched alkanes of at least 4 members (excludes halogenated alkanes) is 24. The fraction of sp³-hybridized carbons (Fsp3) is 0.923. The van der Waals surface area contributed by atoms with E-state index in [0.717, 1.165) is 74.4 Å². The summed E-state index contributed by atoms with van der Waals surface area (Å²) in [7, 11) is 0. The van der Waals surface area contributed by atoms with Crippen LogP contribution >= 0.6 is 0 Å². The topological polar surface area (TPSA) is 64.6 Å². The monoisotopic (exact) mass is 839 g/mol. The van der Waals surface area contributed by atoms with E-state index in [-0.39, 0.29) is 25.8 Å². The average Bonchev–Trinajstić information content (AvgIpc) is 3.24. The molecule has 0 radical (unpaired) electrons. The van der Waals surface area contributed by atoms with E-state index in [1.54, 1.807) is 0 Å². The van der Waals surface area contributed by atoms with Crippen LogP contribution in [-0.2, 0) is 33.2 Å². The van der Waals surface area contributed by atoms with Gasteiger partial charge >= 0.3 is 0 Å². The molecule has 2 atom stereocenters. The Labute approximate surface area is 368 Å². The fourth-order valence-electron chi connectivity index (χ4n) is 7.83. The van der Waals surface area contributed by atoms with Crippen LogP contribution in [0, 0.1) is 0 Å². The molecule has 0 spiro atoms. The third kappa shape index (κ3) is 33.8. The summed E-state index contributed by atoms with van der Waals surface area (Å²) in [5.41, 5.74) is 0. The normalized spacial score (nSPS) is 13.6. The van der Waals surface area contributed by atoms with Gasteiger partial charge in [-0.25, -0.2) is 0 Å². The lowest BCUT2D eigenvalue weighted by Crippen LogP contribution is -2.25. The Bertz CT molecular complexity index is 847. The Balaban J connectivity index is 5.90. The van der Waals surface area contributed by atoms with Crippen molar-refractivity contribution in [1.82, 2.24) is 0 Å². The Morgan fingerprint density at radius 3 is 0.864 bits per heavy atom. The molecule has 0 aromatic rings. The van der Waals surface area contributed by atoms with Crippen molar-refractivity contribution in [2.75, 3.05) is 40.0 Å². The Kier molecular flexibility index (Phi) is 44.9. The van der Waals surface area contributed by atoms with Crippen molar-refractivity contribution in [3.8, 4) is 0 Å². The first-order valence-electron chi connectivity index (χ1n) is 25.9. The second-order valence-electron chi connectivity index (χ2n) is 16.6. The molecule has 0 aromatic heterocycles. The maximum absolute atomic E-state index is 6.58. The molecule has 0 rings (SSSR count). The van der Waals surface area contributed by atoms with Gasteiger partial charge in [0.1, 0.15) is 23.7 Å². The van der Waals surface area contributed by atoms with E-state index in [1.807, 2.05) is 0 Å². The van der Waals surface area contributed by atoms with Crippen LogP contribution in [0.5, 0.6) is 0 Å². The van der Waals surface area contributed by atoms with Crippen LogP contribution in [-0.4, -0.2) is 52.2 Å². The second kappa shape index (κ2) is 46.1. The Morgan fingerprint density at radius 2 is 0.576 bits per heavy atom. The summed E-state index contributed by atoms with van der Waals surface area (Å²) in [6.45, 7) is 20.0. The van der Waals surface area contributed by atoms with Gasteiger partial charge in [0.05, 0.1) is 26.4 Å². The van der Waals surface area contributed by atoms with Crippen LogP contribution in [0.4, 0.5) is 0 Å². The van der Waals surface area contributed by atoms with Gasteiger partial charge in [0.2, 0.25) is 0 Å². The minimum Gasteiger partial charge on any atom is -0.495 e. The lowest BCUT2D eigenvalue weighted by atomic mass is 10.0. The predicted molar refractivity (Wildman–Crippen MR) is 252 cm³/mol. The third-order valence-electron chi connectivity index (χ3n) is 11.2. The molecular formula is C52H102O7. The molecule has 0 saturated heterocycles. The number of ether oxygens (including phenoxy) is 7. The zero-order valence-corrected chi connectivity index (χ0v) is 40.9. The van der Waals surface area contributed by atoms with Gasteiger partial charge in [0.25, 0.3) is 0 Å². The van der Waals surface area contributed by atoms with Gasteiger partial charge in [-0.3, -0.25) is 0 Å². The molecule has 0 aromatic carbocycles. The molecule has 0 aliphatic rings. The van der Waals surface area contributed by atoms with Gasteiger partial charge in [0.15, 0.2) is 25.1 Å². The van der Waals surface area contributed by atoms with Crippen molar-refractivity contribution in [1.29, 1.82) is 0 Å². The van der Waals surface area contributed by atoms with Crippen LogP contribution in [0.2, 0.25) is 0 Å². The van der Waals surface area contributed by atoms with Crippen LogP contribution < -0.4 is 0 Å². The van der Waals surface area contributed by atoms with Crippen molar-refractivity contribution >= 4 is 0 Å². The quantitative estimate of drug-likeness (QED) is 0.0343. The molecule has 0 fully saturated rings. The lowest BCUT2D eigenvalue weighted by molar-refractivity contribution is -0.167. The van der Waals surface area contributed by atoms with E-state index in [9.17, 15) is 0 Å². The van der Waals surface area contributed by atoms with Crippen molar-refractivity contribution in [2.24, 2.45) is 0 Å². The summed E-state index contributed by atoms with van der Waals surface area (Å²) in [4.78, 5) is 0. The first-order valence-corrected chi connectivity index (χ1v) is 25.9. The Morgan fingerprint density at radius 1 is 0.305 bits per heavy atom. The zero-order chi connectivity index (χ0) is 43.3. The van der Waals surface area contributed by atoms with Gasteiger partial charge in [-0.15, -0.1) is 0 Å². The summed E-state index contributed by atoms with van der Waals surface area (Å²) >= 11 is 0. The molecule has 0 aliphatic heterocycles. The van der Waals surface area contributed by atoms with Crippen LogP contribution in [0.25, 0.3) is 0 Å². The predicted octanol–water partition coefficient (Wildman–Crippen LogP) is 16.8. The molecule has 0 N–H and O–H groups in total. The highest BCUT2D eigenvalue weighted by Gasteiger charge is 2.25. The molecule has 0 bridgehead atoms. The lowest BCUT2D eigenvalue weighted by Gasteiger charge is -2.26. The molecule has 2 unspecified atom stereocenters. The van der Waals surface area contributed by atoms with E-state index in [4.69, 9.17) is 33.2 Å². The number of hydrogen-bond acceptors (Lipinski definition) is 7. The van der Waals surface area contributed by atoms with E-state index in [1.165, 1.54) is 154 Å². The van der Waals surface area contributed by atoms with E-state index in [0.29, 0.717) is 26.4 Å². The van der Waals surface area contributed by atoms with Crippen molar-refractivity contribution in [3.63, 3.8) is 0 Å². The van der Waals surface area contributed by atoms with Gasteiger partial charge in [-0.2, -0.15) is 0 Å². The summed E-state index contributed by atoms with van der Waals surface area (Å²) in [6, 6.07) is 0. The summed E-state index contributed by atoms with van der Waals surface area (Å²) < 4.78 is 44.8. The molecule has 0 amide bonds. The highest BCUT2D eigenvalue weighted by molar-refractivity contribution is 5.09.